The molecule has 1 saturated carbocycles. The van der Waals surface area contributed by atoms with Crippen molar-refractivity contribution in [2.24, 2.45) is 5.41 Å². The Morgan fingerprint density at radius 1 is 1.14 bits per heavy atom. The molecule has 5 rings (SSSR count). The van der Waals surface area contributed by atoms with Gasteiger partial charge in [0, 0.05) is 41.1 Å². The fourth-order valence-corrected chi connectivity index (χ4v) is 5.35. The van der Waals surface area contributed by atoms with Gasteiger partial charge in [0.1, 0.15) is 17.8 Å². The van der Waals surface area contributed by atoms with Crippen molar-refractivity contribution in [2.75, 3.05) is 0 Å². The molecule has 8 heteroatoms. The van der Waals surface area contributed by atoms with Crippen LogP contribution in [0.2, 0.25) is 5.02 Å². The van der Waals surface area contributed by atoms with Crippen LogP contribution in [0.4, 0.5) is 0 Å². The first-order chi connectivity index (χ1) is 17.3. The molecule has 190 valence electrons. The zero-order valence-corrected chi connectivity index (χ0v) is 22.0. The van der Waals surface area contributed by atoms with Gasteiger partial charge in [-0.15, -0.1) is 10.2 Å². The smallest absolute Gasteiger partial charge is 0.225 e. The number of hydrogen-bond acceptors (Lipinski definition) is 5. The van der Waals surface area contributed by atoms with Gasteiger partial charge in [-0.3, -0.25) is 9.36 Å². The Hall–Kier alpha value is -2.93. The van der Waals surface area contributed by atoms with Gasteiger partial charge in [0.2, 0.25) is 11.8 Å². The summed E-state index contributed by atoms with van der Waals surface area (Å²) in [5.74, 6) is 2.92. The highest BCUT2D eigenvalue weighted by atomic mass is 35.5. The van der Waals surface area contributed by atoms with E-state index in [-0.39, 0.29) is 18.1 Å². The maximum atomic E-state index is 13.0. The van der Waals surface area contributed by atoms with E-state index < -0.39 is 5.41 Å². The van der Waals surface area contributed by atoms with Crippen LogP contribution in [0.3, 0.4) is 0 Å². The number of fused-ring (bicyclic) bond motifs is 3. The molecule has 36 heavy (non-hydrogen) atoms. The van der Waals surface area contributed by atoms with Gasteiger partial charge >= 0.3 is 0 Å². The molecule has 0 bridgehead atoms. The number of amides is 1. The van der Waals surface area contributed by atoms with Gasteiger partial charge in [0.25, 0.3) is 0 Å². The van der Waals surface area contributed by atoms with E-state index in [4.69, 9.17) is 16.3 Å². The number of rotatable bonds is 6. The second kappa shape index (κ2) is 10.2. The Kier molecular flexibility index (Phi) is 7.02. The number of halogens is 1. The van der Waals surface area contributed by atoms with E-state index in [1.165, 1.54) is 0 Å². The topological polar surface area (TPSA) is 81.9 Å². The average Bonchev–Trinajstić information content (AvgIpc) is 3.21. The number of aromatic nitrogens is 4. The van der Waals surface area contributed by atoms with Crippen LogP contribution in [0, 0.1) is 5.41 Å². The van der Waals surface area contributed by atoms with E-state index in [0.717, 1.165) is 55.0 Å². The van der Waals surface area contributed by atoms with Gasteiger partial charge in [0.15, 0.2) is 0 Å². The standard InChI is InChI=1S/C28H34ClN5O2/c1-4-28(2,3)27(35)31-21-16-19-15-20(29)10-13-23(19)34-24(17-21)32-33-26(34)18-8-11-22(12-9-18)36-25-7-5-6-14-30-25/h5-7,10,13-15,18,21-22H,4,8-9,11-12,16-17H2,1-3H3,(H,31,35)/t18?,21-,22?/m0/s1. The summed E-state index contributed by atoms with van der Waals surface area (Å²) in [5.41, 5.74) is 1.75. The fraction of sp³-hybridized carbons (Fsp3) is 0.500. The third-order valence-electron chi connectivity index (χ3n) is 7.73. The molecule has 1 N–H and O–H groups in total. The van der Waals surface area contributed by atoms with Crippen LogP contribution >= 0.6 is 11.6 Å². The van der Waals surface area contributed by atoms with Crippen molar-refractivity contribution >= 4 is 17.5 Å². The summed E-state index contributed by atoms with van der Waals surface area (Å²) in [6.45, 7) is 6.01. The number of hydrogen-bond donors (Lipinski definition) is 1. The molecule has 1 amide bonds. The lowest BCUT2D eigenvalue weighted by molar-refractivity contribution is -0.130. The van der Waals surface area contributed by atoms with Crippen LogP contribution in [-0.2, 0) is 17.6 Å². The summed E-state index contributed by atoms with van der Waals surface area (Å²) in [6, 6.07) is 11.7. The van der Waals surface area contributed by atoms with E-state index in [2.05, 4.69) is 31.1 Å². The maximum absolute atomic E-state index is 13.0. The second-order valence-corrected chi connectivity index (χ2v) is 11.1. The molecule has 2 aromatic heterocycles. The zero-order valence-electron chi connectivity index (χ0n) is 21.2. The quantitative estimate of drug-likeness (QED) is 0.480. The van der Waals surface area contributed by atoms with Gasteiger partial charge < -0.3 is 10.1 Å². The van der Waals surface area contributed by atoms with Crippen molar-refractivity contribution in [3.05, 3.63) is 64.8 Å². The Bertz CT molecular complexity index is 1220. The van der Waals surface area contributed by atoms with Crippen LogP contribution < -0.4 is 10.1 Å². The molecule has 1 aromatic carbocycles. The number of carbonyl (C=O) groups is 1. The minimum Gasteiger partial charge on any atom is -0.474 e. The summed E-state index contributed by atoms with van der Waals surface area (Å²) in [7, 11) is 0. The highest BCUT2D eigenvalue weighted by Gasteiger charge is 2.33. The highest BCUT2D eigenvalue weighted by molar-refractivity contribution is 6.30. The molecule has 1 aliphatic heterocycles. The molecular weight excluding hydrogens is 474 g/mol. The van der Waals surface area contributed by atoms with Crippen molar-refractivity contribution < 1.29 is 9.53 Å². The summed E-state index contributed by atoms with van der Waals surface area (Å²) in [6.07, 6.45) is 7.87. The van der Waals surface area contributed by atoms with E-state index in [1.54, 1.807) is 6.20 Å². The molecule has 1 fully saturated rings. The lowest BCUT2D eigenvalue weighted by Crippen LogP contribution is -2.44. The third kappa shape index (κ3) is 5.12. The molecule has 3 aromatic rings. The summed E-state index contributed by atoms with van der Waals surface area (Å²) in [5, 5.41) is 13.3. The average molecular weight is 508 g/mol. The van der Waals surface area contributed by atoms with Crippen LogP contribution in [0.1, 0.15) is 76.0 Å². The Labute approximate surface area is 217 Å². The second-order valence-electron chi connectivity index (χ2n) is 10.7. The summed E-state index contributed by atoms with van der Waals surface area (Å²) < 4.78 is 8.32. The van der Waals surface area contributed by atoms with Crippen molar-refractivity contribution in [3.8, 4) is 11.6 Å². The minimum atomic E-state index is -0.418. The van der Waals surface area contributed by atoms with Crippen molar-refractivity contribution in [1.29, 1.82) is 0 Å². The third-order valence-corrected chi connectivity index (χ3v) is 7.97. The van der Waals surface area contributed by atoms with Gasteiger partial charge in [-0.1, -0.05) is 38.4 Å². The van der Waals surface area contributed by atoms with Crippen molar-refractivity contribution in [2.45, 2.75) is 83.8 Å². The molecule has 1 aliphatic carbocycles. The lowest BCUT2D eigenvalue weighted by atomic mass is 9.86. The molecule has 0 saturated heterocycles. The first-order valence-electron chi connectivity index (χ1n) is 13.0. The predicted molar refractivity (Wildman–Crippen MR) is 140 cm³/mol. The van der Waals surface area contributed by atoms with Gasteiger partial charge in [-0.25, -0.2) is 4.98 Å². The summed E-state index contributed by atoms with van der Waals surface area (Å²) >= 11 is 6.40. The monoisotopic (exact) mass is 507 g/mol. The molecule has 1 atom stereocenters. The molecule has 0 unspecified atom stereocenters. The van der Waals surface area contributed by atoms with Crippen LogP contribution in [-0.4, -0.2) is 37.8 Å². The number of carbonyl (C=O) groups excluding carboxylic acids is 1. The van der Waals surface area contributed by atoms with Gasteiger partial charge in [-0.2, -0.15) is 0 Å². The summed E-state index contributed by atoms with van der Waals surface area (Å²) in [4.78, 5) is 17.3. The van der Waals surface area contributed by atoms with Crippen molar-refractivity contribution in [3.63, 3.8) is 0 Å². The zero-order chi connectivity index (χ0) is 25.3. The molecule has 0 spiro atoms. The Morgan fingerprint density at radius 2 is 1.94 bits per heavy atom. The normalized spacial score (nSPS) is 21.7. The van der Waals surface area contributed by atoms with E-state index in [9.17, 15) is 4.79 Å². The molecule has 3 heterocycles. The molecule has 2 aliphatic rings. The highest BCUT2D eigenvalue weighted by Crippen LogP contribution is 2.37. The minimum absolute atomic E-state index is 0.0676. The predicted octanol–water partition coefficient (Wildman–Crippen LogP) is 5.44. The largest absolute Gasteiger partial charge is 0.474 e. The molecule has 7 nitrogen and oxygen atoms in total. The number of ether oxygens (including phenoxy) is 1. The lowest BCUT2D eigenvalue weighted by Gasteiger charge is -2.28. The van der Waals surface area contributed by atoms with Gasteiger partial charge in [-0.05, 0) is 68.4 Å². The number of nitrogens with one attached hydrogen (secondary N) is 1. The maximum Gasteiger partial charge on any atom is 0.225 e. The first kappa shape index (κ1) is 24.8. The van der Waals surface area contributed by atoms with Crippen LogP contribution in [0.5, 0.6) is 5.88 Å². The fourth-order valence-electron chi connectivity index (χ4n) is 5.15. The number of nitrogens with zero attached hydrogens (tertiary/aromatic N) is 4. The Morgan fingerprint density at radius 3 is 2.67 bits per heavy atom. The van der Waals surface area contributed by atoms with Gasteiger partial charge in [0.05, 0.1) is 5.69 Å². The van der Waals surface area contributed by atoms with Crippen LogP contribution in [0.25, 0.3) is 5.69 Å². The van der Waals surface area contributed by atoms with E-state index in [0.29, 0.717) is 29.7 Å². The number of pyridine rings is 1. The van der Waals surface area contributed by atoms with E-state index >= 15 is 0 Å². The SMILES string of the molecule is CCC(C)(C)C(=O)N[C@H]1Cc2cc(Cl)ccc2-n2c(nnc2C2CCC(Oc3ccccn3)CC2)C1. The first-order valence-corrected chi connectivity index (χ1v) is 13.3. The van der Waals surface area contributed by atoms with Crippen LogP contribution in [0.15, 0.2) is 42.6 Å². The van der Waals surface area contributed by atoms with E-state index in [1.807, 2.05) is 51.1 Å². The number of benzene rings is 1. The molecule has 0 radical (unpaired) electrons. The van der Waals surface area contributed by atoms with Crippen molar-refractivity contribution in [1.82, 2.24) is 25.1 Å². The molecular formula is C28H34ClN5O2. The Balaban J connectivity index is 1.38.